The maximum Gasteiger partial charge on any atom is 0.196 e. The molecule has 27 heavy (non-hydrogen) atoms. The number of benzene rings is 2. The molecule has 0 radical (unpaired) electrons. The van der Waals surface area contributed by atoms with Crippen LogP contribution in [0.4, 0.5) is 0 Å². The molecule has 0 aliphatic rings. The smallest absolute Gasteiger partial charge is 0.196 e. The van der Waals surface area contributed by atoms with E-state index in [1.807, 2.05) is 53.2 Å². The lowest BCUT2D eigenvalue weighted by molar-refractivity contribution is 0.304. The molecule has 6 heteroatoms. The lowest BCUT2D eigenvalue weighted by Gasteiger charge is -2.10. The number of fused-ring (bicyclic) bond motifs is 4. The highest BCUT2D eigenvalue weighted by Gasteiger charge is 2.17. The van der Waals surface area contributed by atoms with Gasteiger partial charge in [-0.3, -0.25) is 0 Å². The molecule has 0 saturated heterocycles. The van der Waals surface area contributed by atoms with E-state index in [1.54, 1.807) is 12.5 Å². The summed E-state index contributed by atoms with van der Waals surface area (Å²) in [6.07, 6.45) is 6.39. The van der Waals surface area contributed by atoms with E-state index in [1.165, 1.54) is 0 Å². The number of hydrogen-bond acceptors (Lipinski definition) is 4. The number of ether oxygens (including phenoxy) is 1. The van der Waals surface area contributed by atoms with Crippen molar-refractivity contribution >= 4 is 44.6 Å². The van der Waals surface area contributed by atoms with Crippen molar-refractivity contribution in [2.24, 2.45) is 0 Å². The first-order chi connectivity index (χ1) is 13.3. The third-order valence-electron chi connectivity index (χ3n) is 4.58. The Morgan fingerprint density at radius 3 is 2.93 bits per heavy atom. The van der Waals surface area contributed by atoms with Crippen LogP contribution in [0.25, 0.3) is 33.0 Å². The summed E-state index contributed by atoms with van der Waals surface area (Å²) in [4.78, 5) is 8.85. The zero-order valence-electron chi connectivity index (χ0n) is 14.4. The van der Waals surface area contributed by atoms with Gasteiger partial charge in [0, 0.05) is 34.7 Å². The lowest BCUT2D eigenvalue weighted by atomic mass is 10.1. The van der Waals surface area contributed by atoms with Gasteiger partial charge in [-0.15, -0.1) is 0 Å². The molecule has 0 aliphatic heterocycles. The fourth-order valence-electron chi connectivity index (χ4n) is 3.31. The van der Waals surface area contributed by atoms with Crippen LogP contribution in [0.15, 0.2) is 65.6 Å². The molecule has 3 aromatic heterocycles. The van der Waals surface area contributed by atoms with Crippen LogP contribution in [0, 0.1) is 0 Å². The molecule has 0 spiro atoms. The highest BCUT2D eigenvalue weighted by Crippen LogP contribution is 2.39. The van der Waals surface area contributed by atoms with Crippen molar-refractivity contribution in [3.63, 3.8) is 0 Å². The van der Waals surface area contributed by atoms with E-state index in [4.69, 9.17) is 25.7 Å². The number of halogens is 1. The third-order valence-corrected chi connectivity index (χ3v) is 4.81. The number of rotatable bonds is 5. The number of aryl methyl sites for hydroxylation is 1. The van der Waals surface area contributed by atoms with Crippen molar-refractivity contribution in [2.45, 2.75) is 13.0 Å². The number of nitrogens with zero attached hydrogens (tertiary/aromatic N) is 3. The molecule has 0 N–H and O–H groups in total. The van der Waals surface area contributed by atoms with Gasteiger partial charge in [0.05, 0.1) is 18.5 Å². The van der Waals surface area contributed by atoms with Gasteiger partial charge in [-0.25, -0.2) is 9.97 Å². The number of para-hydroxylation sites is 1. The van der Waals surface area contributed by atoms with Gasteiger partial charge >= 0.3 is 0 Å². The Labute approximate surface area is 160 Å². The Bertz CT molecular complexity index is 1240. The molecule has 0 bridgehead atoms. The van der Waals surface area contributed by atoms with Crippen molar-refractivity contribution in [1.29, 1.82) is 0 Å². The Balaban J connectivity index is 1.58. The maximum atomic E-state index is 6.19. The van der Waals surface area contributed by atoms with Crippen LogP contribution in [0.2, 0.25) is 5.02 Å². The van der Waals surface area contributed by atoms with E-state index in [0.29, 0.717) is 23.0 Å². The van der Waals surface area contributed by atoms with Gasteiger partial charge in [0.25, 0.3) is 0 Å². The summed E-state index contributed by atoms with van der Waals surface area (Å²) in [5.41, 5.74) is 3.06. The Morgan fingerprint density at radius 1 is 1.11 bits per heavy atom. The van der Waals surface area contributed by atoms with Crippen LogP contribution < -0.4 is 4.74 Å². The van der Waals surface area contributed by atoms with Crippen LogP contribution in [0.3, 0.4) is 0 Å². The van der Waals surface area contributed by atoms with E-state index in [2.05, 4.69) is 4.98 Å². The molecule has 2 aromatic carbocycles. The monoisotopic (exact) mass is 377 g/mol. The fraction of sp³-hybridized carbons (Fsp3) is 0.143. The predicted molar refractivity (Wildman–Crippen MR) is 106 cm³/mol. The van der Waals surface area contributed by atoms with Crippen molar-refractivity contribution in [3.8, 4) is 5.75 Å². The molecule has 5 nitrogen and oxygen atoms in total. The molecule has 5 rings (SSSR count). The second-order valence-corrected chi connectivity index (χ2v) is 6.82. The topological polar surface area (TPSA) is 53.1 Å². The van der Waals surface area contributed by atoms with Crippen LogP contribution in [-0.2, 0) is 6.54 Å². The van der Waals surface area contributed by atoms with E-state index in [-0.39, 0.29) is 0 Å². The molecule has 0 amide bonds. The van der Waals surface area contributed by atoms with Crippen molar-refractivity contribution in [3.05, 3.63) is 66.2 Å². The Hall–Kier alpha value is -3.05. The second-order valence-electron chi connectivity index (χ2n) is 6.38. The summed E-state index contributed by atoms with van der Waals surface area (Å²) in [6.45, 7) is 1.41. The molecular formula is C21H16ClN3O2. The minimum Gasteiger partial charge on any atom is -0.489 e. The minimum atomic E-state index is 0.562. The first-order valence-corrected chi connectivity index (χ1v) is 9.16. The van der Waals surface area contributed by atoms with Crippen molar-refractivity contribution < 1.29 is 9.15 Å². The van der Waals surface area contributed by atoms with E-state index in [9.17, 15) is 0 Å². The first-order valence-electron chi connectivity index (χ1n) is 8.78. The number of pyridine rings is 1. The van der Waals surface area contributed by atoms with Gasteiger partial charge in [0.1, 0.15) is 11.1 Å². The fourth-order valence-corrected chi connectivity index (χ4v) is 3.48. The highest BCUT2D eigenvalue weighted by molar-refractivity contribution is 6.31. The molecule has 0 unspecified atom stereocenters. The number of aromatic nitrogens is 3. The number of hydrogen-bond donors (Lipinski definition) is 0. The third kappa shape index (κ3) is 2.90. The summed E-state index contributed by atoms with van der Waals surface area (Å²) in [6, 6.07) is 13.5. The van der Waals surface area contributed by atoms with Crippen molar-refractivity contribution in [1.82, 2.24) is 14.5 Å². The summed E-state index contributed by atoms with van der Waals surface area (Å²) in [5.74, 6) is 0.716. The first kappa shape index (κ1) is 16.1. The Morgan fingerprint density at radius 2 is 2.04 bits per heavy atom. The molecule has 0 fully saturated rings. The molecular weight excluding hydrogens is 362 g/mol. The summed E-state index contributed by atoms with van der Waals surface area (Å²) >= 11 is 6.19. The molecule has 0 atom stereocenters. The minimum absolute atomic E-state index is 0.562. The van der Waals surface area contributed by atoms with E-state index in [0.717, 1.165) is 40.4 Å². The van der Waals surface area contributed by atoms with Gasteiger partial charge in [0.15, 0.2) is 11.3 Å². The predicted octanol–water partition coefficient (Wildman–Crippen LogP) is 5.45. The van der Waals surface area contributed by atoms with Crippen LogP contribution >= 0.6 is 11.6 Å². The van der Waals surface area contributed by atoms with Gasteiger partial charge in [-0.2, -0.15) is 0 Å². The van der Waals surface area contributed by atoms with E-state index >= 15 is 0 Å². The van der Waals surface area contributed by atoms with Crippen LogP contribution in [-0.4, -0.2) is 21.1 Å². The molecule has 134 valence electrons. The summed E-state index contributed by atoms with van der Waals surface area (Å²) in [7, 11) is 0. The average Bonchev–Trinajstić information content (AvgIpc) is 3.32. The molecule has 3 heterocycles. The van der Waals surface area contributed by atoms with Gasteiger partial charge in [-0.1, -0.05) is 23.7 Å². The van der Waals surface area contributed by atoms with Gasteiger partial charge < -0.3 is 13.7 Å². The van der Waals surface area contributed by atoms with Gasteiger partial charge in [0.2, 0.25) is 0 Å². The Kier molecular flexibility index (Phi) is 3.94. The summed E-state index contributed by atoms with van der Waals surface area (Å²) < 4.78 is 14.3. The molecule has 0 saturated carbocycles. The number of furan rings is 1. The normalized spacial score (nSPS) is 11.6. The second kappa shape index (κ2) is 6.59. The van der Waals surface area contributed by atoms with Crippen molar-refractivity contribution in [2.75, 3.05) is 6.61 Å². The maximum absolute atomic E-state index is 6.19. The summed E-state index contributed by atoms with van der Waals surface area (Å²) in [5, 5.41) is 2.51. The highest BCUT2D eigenvalue weighted by atomic mass is 35.5. The largest absolute Gasteiger partial charge is 0.489 e. The number of imidazole rings is 1. The van der Waals surface area contributed by atoms with Crippen LogP contribution in [0.1, 0.15) is 6.42 Å². The zero-order chi connectivity index (χ0) is 18.2. The standard InChI is InChI=1S/C21H16ClN3O2/c22-14-6-7-15-17(12-14)24-19-16-4-1-2-5-18(16)27-21(19)20(15)26-11-3-9-25-10-8-23-13-25/h1-2,4-8,10,12-13H,3,9,11H2. The lowest BCUT2D eigenvalue weighted by Crippen LogP contribution is -2.04. The van der Waals surface area contributed by atoms with Gasteiger partial charge in [-0.05, 0) is 36.8 Å². The van der Waals surface area contributed by atoms with Crippen LogP contribution in [0.5, 0.6) is 5.75 Å². The molecule has 5 aromatic rings. The average molecular weight is 378 g/mol. The zero-order valence-corrected chi connectivity index (χ0v) is 15.2. The molecule has 0 aliphatic carbocycles. The quantitative estimate of drug-likeness (QED) is 0.382. The van der Waals surface area contributed by atoms with E-state index < -0.39 is 0 Å². The SMILES string of the molecule is Clc1ccc2c(OCCCn3ccnc3)c3oc4ccccc4c3nc2c1.